The van der Waals surface area contributed by atoms with E-state index in [1.807, 2.05) is 6.07 Å². The lowest BCUT2D eigenvalue weighted by atomic mass is 10.1. The molecule has 1 aromatic rings. The minimum Gasteiger partial charge on any atom is -0.474 e. The predicted octanol–water partition coefficient (Wildman–Crippen LogP) is 2.76. The van der Waals surface area contributed by atoms with E-state index in [0.717, 1.165) is 31.9 Å². The Bertz CT molecular complexity index is 332. The van der Waals surface area contributed by atoms with Crippen molar-refractivity contribution in [1.82, 2.24) is 4.98 Å². The first-order valence-electron chi connectivity index (χ1n) is 5.96. The van der Waals surface area contributed by atoms with Gasteiger partial charge in [0.05, 0.1) is 13.2 Å². The molecular weight excluding hydrogens is 202 g/mol. The molecule has 0 radical (unpaired) electrons. The van der Waals surface area contributed by atoms with E-state index in [9.17, 15) is 0 Å². The second-order valence-electron chi connectivity index (χ2n) is 4.48. The average Bonchev–Trinajstić information content (AvgIpc) is 2.31. The smallest absolute Gasteiger partial charge is 0.217 e. The molecule has 3 nitrogen and oxygen atoms in total. The van der Waals surface area contributed by atoms with Crippen LogP contribution in [0, 0.1) is 0 Å². The van der Waals surface area contributed by atoms with Crippen LogP contribution in [0.5, 0.6) is 5.88 Å². The summed E-state index contributed by atoms with van der Waals surface area (Å²) in [5.74, 6) is 1.24. The van der Waals surface area contributed by atoms with Crippen LogP contribution in [0.1, 0.15) is 38.2 Å². The normalized spacial score (nSPS) is 17.7. The summed E-state index contributed by atoms with van der Waals surface area (Å²) in [6.07, 6.45) is 3.99. The monoisotopic (exact) mass is 221 g/mol. The third-order valence-electron chi connectivity index (χ3n) is 2.87. The molecule has 0 N–H and O–H groups in total. The van der Waals surface area contributed by atoms with Crippen molar-refractivity contribution in [3.8, 4) is 5.88 Å². The molecule has 1 saturated heterocycles. The summed E-state index contributed by atoms with van der Waals surface area (Å²) in [4.78, 5) is 4.33. The summed E-state index contributed by atoms with van der Waals surface area (Å²) in [6.45, 7) is 5.92. The fourth-order valence-corrected chi connectivity index (χ4v) is 1.89. The third-order valence-corrected chi connectivity index (χ3v) is 2.87. The summed E-state index contributed by atoms with van der Waals surface area (Å²) in [6, 6.07) is 4.05. The zero-order valence-electron chi connectivity index (χ0n) is 9.98. The minimum absolute atomic E-state index is 0.265. The lowest BCUT2D eigenvalue weighted by molar-refractivity contribution is 0.0232. The molecule has 1 fully saturated rings. The van der Waals surface area contributed by atoms with E-state index in [-0.39, 0.29) is 6.10 Å². The van der Waals surface area contributed by atoms with Crippen molar-refractivity contribution in [1.29, 1.82) is 0 Å². The molecule has 0 aromatic carbocycles. The Balaban J connectivity index is 2.07. The van der Waals surface area contributed by atoms with E-state index in [4.69, 9.17) is 9.47 Å². The van der Waals surface area contributed by atoms with Crippen molar-refractivity contribution in [2.45, 2.75) is 38.7 Å². The molecule has 0 unspecified atom stereocenters. The number of rotatable bonds is 3. The van der Waals surface area contributed by atoms with Gasteiger partial charge in [0.1, 0.15) is 6.10 Å². The summed E-state index contributed by atoms with van der Waals surface area (Å²) in [7, 11) is 0. The van der Waals surface area contributed by atoms with Gasteiger partial charge in [-0.15, -0.1) is 0 Å². The minimum atomic E-state index is 0.265. The summed E-state index contributed by atoms with van der Waals surface area (Å²) < 4.78 is 11.3. The van der Waals surface area contributed by atoms with Gasteiger partial charge < -0.3 is 9.47 Å². The highest BCUT2D eigenvalue weighted by Gasteiger charge is 2.18. The zero-order valence-corrected chi connectivity index (χ0v) is 9.98. The first kappa shape index (κ1) is 11.4. The van der Waals surface area contributed by atoms with Gasteiger partial charge in [-0.25, -0.2) is 4.98 Å². The number of ether oxygens (including phenoxy) is 2. The van der Waals surface area contributed by atoms with Gasteiger partial charge in [0.15, 0.2) is 0 Å². The lowest BCUT2D eigenvalue weighted by Crippen LogP contribution is -2.26. The molecule has 0 aliphatic carbocycles. The second-order valence-corrected chi connectivity index (χ2v) is 4.48. The average molecular weight is 221 g/mol. The van der Waals surface area contributed by atoms with Gasteiger partial charge in [0, 0.05) is 24.6 Å². The fraction of sp³-hybridized carbons (Fsp3) is 0.615. The van der Waals surface area contributed by atoms with Crippen LogP contribution in [0.4, 0.5) is 0 Å². The quantitative estimate of drug-likeness (QED) is 0.786. The van der Waals surface area contributed by atoms with Crippen LogP contribution in [-0.4, -0.2) is 24.3 Å². The molecule has 16 heavy (non-hydrogen) atoms. The molecule has 3 heteroatoms. The topological polar surface area (TPSA) is 31.4 Å². The van der Waals surface area contributed by atoms with Gasteiger partial charge in [0.25, 0.3) is 0 Å². The molecule has 0 atom stereocenters. The molecule has 0 amide bonds. The Morgan fingerprint density at radius 2 is 2.12 bits per heavy atom. The maximum Gasteiger partial charge on any atom is 0.217 e. The van der Waals surface area contributed by atoms with E-state index in [0.29, 0.717) is 5.92 Å². The van der Waals surface area contributed by atoms with Gasteiger partial charge in [-0.2, -0.15) is 0 Å². The van der Waals surface area contributed by atoms with Crippen molar-refractivity contribution in [2.75, 3.05) is 13.2 Å². The highest BCUT2D eigenvalue weighted by atomic mass is 16.5. The molecule has 0 spiro atoms. The van der Waals surface area contributed by atoms with Crippen molar-refractivity contribution in [2.24, 2.45) is 0 Å². The first-order chi connectivity index (χ1) is 7.77. The van der Waals surface area contributed by atoms with Crippen LogP contribution >= 0.6 is 0 Å². The maximum atomic E-state index is 5.96. The third kappa shape index (κ3) is 2.73. The number of hydrogen-bond donors (Lipinski definition) is 0. The van der Waals surface area contributed by atoms with E-state index >= 15 is 0 Å². The highest BCUT2D eigenvalue weighted by molar-refractivity contribution is 5.28. The number of hydrogen-bond acceptors (Lipinski definition) is 3. The van der Waals surface area contributed by atoms with E-state index in [1.54, 1.807) is 6.20 Å². The Morgan fingerprint density at radius 1 is 1.38 bits per heavy atom. The lowest BCUT2D eigenvalue weighted by Gasteiger charge is -2.24. The van der Waals surface area contributed by atoms with Gasteiger partial charge in [-0.05, 0) is 12.0 Å². The zero-order chi connectivity index (χ0) is 11.4. The molecule has 2 heterocycles. The van der Waals surface area contributed by atoms with Gasteiger partial charge >= 0.3 is 0 Å². The number of nitrogens with zero attached hydrogens (tertiary/aromatic N) is 1. The second kappa shape index (κ2) is 5.30. The van der Waals surface area contributed by atoms with Crippen molar-refractivity contribution in [3.05, 3.63) is 23.9 Å². The largest absolute Gasteiger partial charge is 0.474 e. The van der Waals surface area contributed by atoms with E-state index < -0.39 is 0 Å². The van der Waals surface area contributed by atoms with E-state index in [2.05, 4.69) is 24.9 Å². The van der Waals surface area contributed by atoms with Crippen LogP contribution in [0.25, 0.3) is 0 Å². The predicted molar refractivity (Wildman–Crippen MR) is 62.8 cm³/mol. The van der Waals surface area contributed by atoms with Gasteiger partial charge in [0.2, 0.25) is 5.88 Å². The van der Waals surface area contributed by atoms with Crippen molar-refractivity contribution in [3.63, 3.8) is 0 Å². The molecule has 1 aliphatic rings. The summed E-state index contributed by atoms with van der Waals surface area (Å²) in [5, 5.41) is 0. The standard InChI is InChI=1S/C13H19NO2/c1-10(2)12-4-3-7-14-13(12)16-11-5-8-15-9-6-11/h3-4,7,10-11H,5-6,8-9H2,1-2H3. The molecule has 2 rings (SSSR count). The van der Waals surface area contributed by atoms with Crippen molar-refractivity contribution < 1.29 is 9.47 Å². The number of pyridine rings is 1. The van der Waals surface area contributed by atoms with Gasteiger partial charge in [-0.3, -0.25) is 0 Å². The Kier molecular flexibility index (Phi) is 3.78. The SMILES string of the molecule is CC(C)c1cccnc1OC1CCOCC1. The van der Waals surface area contributed by atoms with Gasteiger partial charge in [-0.1, -0.05) is 19.9 Å². The van der Waals surface area contributed by atoms with Crippen LogP contribution in [0.15, 0.2) is 18.3 Å². The molecule has 88 valence electrons. The Hall–Kier alpha value is -1.09. The van der Waals surface area contributed by atoms with Crippen LogP contribution < -0.4 is 4.74 Å². The van der Waals surface area contributed by atoms with Crippen molar-refractivity contribution >= 4 is 0 Å². The Labute approximate surface area is 96.8 Å². The highest BCUT2D eigenvalue weighted by Crippen LogP contribution is 2.25. The first-order valence-corrected chi connectivity index (χ1v) is 5.96. The molecule has 1 aliphatic heterocycles. The molecule has 0 saturated carbocycles. The van der Waals surface area contributed by atoms with E-state index in [1.165, 1.54) is 5.56 Å². The van der Waals surface area contributed by atoms with Crippen LogP contribution in [-0.2, 0) is 4.74 Å². The maximum absolute atomic E-state index is 5.96. The molecular formula is C13H19NO2. The van der Waals surface area contributed by atoms with Crippen LogP contribution in [0.3, 0.4) is 0 Å². The fourth-order valence-electron chi connectivity index (χ4n) is 1.89. The summed E-state index contributed by atoms with van der Waals surface area (Å²) in [5.41, 5.74) is 1.19. The number of aromatic nitrogens is 1. The molecule has 1 aromatic heterocycles. The molecule has 0 bridgehead atoms. The summed E-state index contributed by atoms with van der Waals surface area (Å²) >= 11 is 0. The Morgan fingerprint density at radius 3 is 2.81 bits per heavy atom. The van der Waals surface area contributed by atoms with Crippen LogP contribution in [0.2, 0.25) is 0 Å².